The minimum Gasteiger partial charge on any atom is -0.489 e. The van der Waals surface area contributed by atoms with E-state index >= 15 is 0 Å². The summed E-state index contributed by atoms with van der Waals surface area (Å²) in [6.45, 7) is 2.12. The molecule has 2 N–H and O–H groups in total. The van der Waals surface area contributed by atoms with Gasteiger partial charge in [0.25, 0.3) is 5.91 Å². The molecule has 13 heteroatoms. The van der Waals surface area contributed by atoms with Crippen LogP contribution < -0.4 is 20.1 Å². The molecule has 3 aliphatic rings. The number of rotatable bonds is 10. The summed E-state index contributed by atoms with van der Waals surface area (Å²) in [5.74, 6) is -1.55. The number of fused-ring (bicyclic) bond motifs is 4. The van der Waals surface area contributed by atoms with Gasteiger partial charge < -0.3 is 24.8 Å². The number of alkyl halides is 3. The molecule has 2 aromatic heterocycles. The summed E-state index contributed by atoms with van der Waals surface area (Å²) in [6.07, 6.45) is 3.68. The van der Waals surface area contributed by atoms with E-state index in [1.807, 2.05) is 61.5 Å². The molecular weight excluding hydrogens is 744 g/mol. The van der Waals surface area contributed by atoms with Gasteiger partial charge >= 0.3 is 12.1 Å². The Morgan fingerprint density at radius 2 is 1.68 bits per heavy atom. The van der Waals surface area contributed by atoms with Gasteiger partial charge in [0.1, 0.15) is 17.9 Å². The number of pyridine rings is 1. The second-order valence-corrected chi connectivity index (χ2v) is 16.2. The zero-order chi connectivity index (χ0) is 39.2. The van der Waals surface area contributed by atoms with Crippen LogP contribution in [-0.2, 0) is 27.1 Å². The molecule has 0 unspecified atom stereocenters. The van der Waals surface area contributed by atoms with Gasteiger partial charge in [-0.15, -0.1) is 11.3 Å². The van der Waals surface area contributed by atoms with Crippen molar-refractivity contribution in [2.24, 2.45) is 23.2 Å². The Bertz CT molecular complexity index is 2350. The van der Waals surface area contributed by atoms with Crippen LogP contribution in [0.15, 0.2) is 91.1 Å². The predicted molar refractivity (Wildman–Crippen MR) is 206 cm³/mol. The SMILES string of the molecule is COc1ncc(OC2CCC(C)(C(=O)OCc3ccc4ccccc4c3)CC2)cc1C(=O)N[C@H]1[C@@H](C(=O)Nc2cc3cccc(C(F)(F)F)c3s2)[C@@H]2C=C[C@H]1C2. The molecule has 2 fully saturated rings. The molecule has 9 nitrogen and oxygen atoms in total. The van der Waals surface area contributed by atoms with Gasteiger partial charge in [-0.1, -0.05) is 60.7 Å². The number of hydrogen-bond acceptors (Lipinski definition) is 8. The van der Waals surface area contributed by atoms with Crippen molar-refractivity contribution in [2.45, 2.75) is 64.0 Å². The highest BCUT2D eigenvalue weighted by molar-refractivity contribution is 7.23. The number of nitrogens with one attached hydrogen (secondary N) is 2. The molecule has 2 amide bonds. The highest BCUT2D eigenvalue weighted by atomic mass is 32.1. The second-order valence-electron chi connectivity index (χ2n) is 15.2. The molecule has 8 rings (SSSR count). The Morgan fingerprint density at radius 3 is 2.45 bits per heavy atom. The van der Waals surface area contributed by atoms with Crippen LogP contribution in [-0.4, -0.2) is 42.0 Å². The number of aromatic nitrogens is 1. The van der Waals surface area contributed by atoms with Crippen molar-refractivity contribution in [1.82, 2.24) is 10.3 Å². The topological polar surface area (TPSA) is 116 Å². The van der Waals surface area contributed by atoms with Crippen LogP contribution in [0, 0.1) is 23.2 Å². The first kappa shape index (κ1) is 37.5. The van der Waals surface area contributed by atoms with E-state index in [1.165, 1.54) is 25.4 Å². The van der Waals surface area contributed by atoms with Gasteiger partial charge in [0.15, 0.2) is 0 Å². The van der Waals surface area contributed by atoms with Gasteiger partial charge in [0.2, 0.25) is 11.8 Å². The fourth-order valence-corrected chi connectivity index (χ4v) is 9.47. The standard InChI is InChI=1S/C43H40F3N3O6S/c1-42(41(52)54-23-24-10-11-25-6-3-4-7-26(25)18-24)16-14-30(15-17-42)55-31-21-32(40(53-2)47-22-31)38(50)49-36-28-13-12-27(19-28)35(36)39(51)48-34-20-29-8-5-9-33(37(29)56-34)43(44,45)46/h3-13,18,20-22,27-28,30,35-36H,14-17,19,23H2,1-2H3,(H,48,51)(H,49,50)/t27-,28+,30?,35+,36-,42?/m1/s1. The van der Waals surface area contributed by atoms with Crippen molar-refractivity contribution in [3.63, 3.8) is 0 Å². The predicted octanol–water partition coefficient (Wildman–Crippen LogP) is 9.11. The molecule has 2 heterocycles. The van der Waals surface area contributed by atoms with E-state index in [9.17, 15) is 27.6 Å². The molecule has 56 heavy (non-hydrogen) atoms. The molecule has 0 saturated heterocycles. The number of amides is 2. The largest absolute Gasteiger partial charge is 0.489 e. The Balaban J connectivity index is 0.896. The van der Waals surface area contributed by atoms with Crippen LogP contribution in [0.3, 0.4) is 0 Å². The number of hydrogen-bond donors (Lipinski definition) is 2. The maximum absolute atomic E-state index is 13.9. The number of methoxy groups -OCH3 is 1. The van der Waals surface area contributed by atoms with Crippen molar-refractivity contribution in [1.29, 1.82) is 0 Å². The molecule has 0 spiro atoms. The van der Waals surface area contributed by atoms with Gasteiger partial charge in [-0.05, 0) is 96.9 Å². The number of carbonyl (C=O) groups is 3. The third kappa shape index (κ3) is 7.44. The number of nitrogens with zero attached hydrogens (tertiary/aromatic N) is 1. The van der Waals surface area contributed by atoms with E-state index in [4.69, 9.17) is 14.2 Å². The van der Waals surface area contributed by atoms with E-state index in [-0.39, 0.29) is 52.6 Å². The van der Waals surface area contributed by atoms with E-state index in [1.54, 1.807) is 12.1 Å². The minimum absolute atomic E-state index is 0.0484. The fourth-order valence-electron chi connectivity index (χ4n) is 8.38. The maximum atomic E-state index is 13.9. The molecule has 5 aromatic rings. The maximum Gasteiger partial charge on any atom is 0.417 e. The summed E-state index contributed by atoms with van der Waals surface area (Å²) >= 11 is 0.874. The number of benzene rings is 3. The molecule has 2 bridgehead atoms. The van der Waals surface area contributed by atoms with E-state index in [2.05, 4.69) is 15.6 Å². The van der Waals surface area contributed by atoms with Crippen molar-refractivity contribution >= 4 is 55.0 Å². The molecule has 0 aliphatic heterocycles. The fraction of sp³-hybridized carbons (Fsp3) is 0.349. The number of carbonyl (C=O) groups excluding carboxylic acids is 3. The smallest absolute Gasteiger partial charge is 0.417 e. The summed E-state index contributed by atoms with van der Waals surface area (Å²) in [5, 5.41) is 8.77. The Hall–Kier alpha value is -5.43. The quantitative estimate of drug-likeness (QED) is 0.107. The van der Waals surface area contributed by atoms with Gasteiger partial charge in [0.05, 0.1) is 41.3 Å². The number of ether oxygens (including phenoxy) is 3. The molecule has 3 aromatic carbocycles. The summed E-state index contributed by atoms with van der Waals surface area (Å²) < 4.78 is 58.5. The second kappa shape index (κ2) is 14.9. The highest BCUT2D eigenvalue weighted by Gasteiger charge is 2.49. The Kier molecular flexibility index (Phi) is 9.98. The molecule has 4 atom stereocenters. The zero-order valence-corrected chi connectivity index (χ0v) is 31.5. The van der Waals surface area contributed by atoms with Gasteiger partial charge in [-0.25, -0.2) is 4.98 Å². The number of anilines is 1. The number of halogens is 3. The Morgan fingerprint density at radius 1 is 0.929 bits per heavy atom. The first-order valence-electron chi connectivity index (χ1n) is 18.6. The summed E-state index contributed by atoms with van der Waals surface area (Å²) in [7, 11) is 1.41. The lowest BCUT2D eigenvalue weighted by atomic mass is 9.74. The van der Waals surface area contributed by atoms with Crippen LogP contribution >= 0.6 is 11.3 Å². The summed E-state index contributed by atoms with van der Waals surface area (Å²) in [4.78, 5) is 45.2. The van der Waals surface area contributed by atoms with E-state index in [0.717, 1.165) is 33.7 Å². The van der Waals surface area contributed by atoms with Crippen LogP contribution in [0.2, 0.25) is 0 Å². The zero-order valence-electron chi connectivity index (χ0n) is 30.7. The lowest BCUT2D eigenvalue weighted by molar-refractivity contribution is -0.159. The number of thiophene rings is 1. The average molecular weight is 784 g/mol. The molecular formula is C43H40F3N3O6S. The summed E-state index contributed by atoms with van der Waals surface area (Å²) in [6, 6.07) is 20.6. The van der Waals surface area contributed by atoms with Gasteiger partial charge in [-0.3, -0.25) is 14.4 Å². The third-order valence-corrected chi connectivity index (χ3v) is 12.5. The lowest BCUT2D eigenvalue weighted by Crippen LogP contribution is -2.47. The molecule has 290 valence electrons. The first-order valence-corrected chi connectivity index (χ1v) is 19.5. The number of esters is 1. The molecule has 3 aliphatic carbocycles. The van der Waals surface area contributed by atoms with Crippen LogP contribution in [0.4, 0.5) is 18.2 Å². The van der Waals surface area contributed by atoms with Crippen LogP contribution in [0.25, 0.3) is 20.9 Å². The van der Waals surface area contributed by atoms with E-state index in [0.29, 0.717) is 48.2 Å². The lowest BCUT2D eigenvalue weighted by Gasteiger charge is -2.35. The van der Waals surface area contributed by atoms with Crippen molar-refractivity contribution in [3.8, 4) is 11.6 Å². The minimum atomic E-state index is -4.53. The van der Waals surface area contributed by atoms with Gasteiger partial charge in [-0.2, -0.15) is 13.2 Å². The molecule has 2 saturated carbocycles. The summed E-state index contributed by atoms with van der Waals surface area (Å²) in [5.41, 5.74) is -0.338. The third-order valence-electron chi connectivity index (χ3n) is 11.4. The normalized spacial score (nSPS) is 24.3. The molecule has 0 radical (unpaired) electrons. The van der Waals surface area contributed by atoms with Gasteiger partial charge in [0, 0.05) is 10.7 Å². The van der Waals surface area contributed by atoms with Crippen molar-refractivity contribution in [3.05, 3.63) is 108 Å². The van der Waals surface area contributed by atoms with Crippen molar-refractivity contribution in [2.75, 3.05) is 12.4 Å². The monoisotopic (exact) mass is 783 g/mol. The van der Waals surface area contributed by atoms with Crippen molar-refractivity contribution < 1.29 is 41.8 Å². The average Bonchev–Trinajstić information content (AvgIpc) is 3.92. The highest BCUT2D eigenvalue weighted by Crippen LogP contribution is 2.46. The Labute approximate surface area is 325 Å². The first-order chi connectivity index (χ1) is 26.9. The van der Waals surface area contributed by atoms with E-state index < -0.39 is 35.0 Å². The van der Waals surface area contributed by atoms with Crippen LogP contribution in [0.1, 0.15) is 60.5 Å². The van der Waals surface area contributed by atoms with Crippen LogP contribution in [0.5, 0.6) is 11.6 Å². The number of allylic oxidation sites excluding steroid dienone is 1.